The zero-order chi connectivity index (χ0) is 14.6. The Hall–Kier alpha value is -1.65. The zero-order valence-corrected chi connectivity index (χ0v) is 12.6. The molecule has 0 aliphatic rings. The minimum Gasteiger partial charge on any atom is -0.489 e. The minimum atomic E-state index is -1.08. The molecule has 2 aromatic rings. The minimum absolute atomic E-state index is 0.121. The maximum atomic E-state index is 10.7. The Labute approximate surface area is 126 Å². The number of benzene rings is 2. The van der Waals surface area contributed by atoms with Gasteiger partial charge in [0.25, 0.3) is 0 Å². The Kier molecular flexibility index (Phi) is 4.57. The van der Waals surface area contributed by atoms with Crippen molar-refractivity contribution in [3.8, 4) is 5.75 Å². The molecule has 0 saturated carbocycles. The molecule has 0 heterocycles. The molecule has 0 radical (unpaired) electrons. The summed E-state index contributed by atoms with van der Waals surface area (Å²) in [5.41, 5.74) is 0.281. The monoisotopic (exact) mass is 334 g/mol. The lowest BCUT2D eigenvalue weighted by Crippen LogP contribution is -2.29. The van der Waals surface area contributed by atoms with Crippen LogP contribution in [0.3, 0.4) is 0 Å². The first-order valence-electron chi connectivity index (χ1n) is 6.18. The third kappa shape index (κ3) is 3.46. The molecule has 0 amide bonds. The predicted octanol–water partition coefficient (Wildman–Crippen LogP) is 3.55. The third-order valence-electron chi connectivity index (χ3n) is 3.00. The predicted molar refractivity (Wildman–Crippen MR) is 81.0 cm³/mol. The van der Waals surface area contributed by atoms with Crippen LogP contribution in [0.25, 0.3) is 0 Å². The highest BCUT2D eigenvalue weighted by Gasteiger charge is 2.24. The molecule has 0 aromatic heterocycles. The summed E-state index contributed by atoms with van der Waals surface area (Å²) in [5, 5.41) is 10.4. The molecule has 4 heteroatoms. The lowest BCUT2D eigenvalue weighted by Gasteiger charge is -2.24. The molecular weight excluding hydrogens is 320 g/mol. The normalized spacial score (nSPS) is 13.6. The average Bonchev–Trinajstić information content (AvgIpc) is 2.47. The van der Waals surface area contributed by atoms with E-state index in [1.54, 1.807) is 25.1 Å². The van der Waals surface area contributed by atoms with Crippen molar-refractivity contribution in [1.29, 1.82) is 0 Å². The number of aldehydes is 1. The molecule has 1 atom stereocenters. The Morgan fingerprint density at radius 1 is 1.25 bits per heavy atom. The molecule has 0 bridgehead atoms. The van der Waals surface area contributed by atoms with Gasteiger partial charge < -0.3 is 9.84 Å². The van der Waals surface area contributed by atoms with E-state index in [1.807, 2.05) is 30.3 Å². The van der Waals surface area contributed by atoms with Crippen LogP contribution in [0, 0.1) is 0 Å². The molecule has 20 heavy (non-hydrogen) atoms. The van der Waals surface area contributed by atoms with Gasteiger partial charge >= 0.3 is 0 Å². The fourth-order valence-electron chi connectivity index (χ4n) is 1.81. The lowest BCUT2D eigenvalue weighted by atomic mass is 9.97. The van der Waals surface area contributed by atoms with Gasteiger partial charge in [-0.3, -0.25) is 4.79 Å². The average molecular weight is 335 g/mol. The van der Waals surface area contributed by atoms with Gasteiger partial charge in [-0.25, -0.2) is 0 Å². The van der Waals surface area contributed by atoms with Crippen LogP contribution in [-0.4, -0.2) is 18.0 Å². The number of rotatable bonds is 5. The smallest absolute Gasteiger partial charge is 0.150 e. The van der Waals surface area contributed by atoms with Gasteiger partial charge in [0, 0.05) is 5.56 Å². The van der Waals surface area contributed by atoms with E-state index in [0.29, 0.717) is 15.8 Å². The molecule has 0 spiro atoms. The Morgan fingerprint density at radius 3 is 2.55 bits per heavy atom. The lowest BCUT2D eigenvalue weighted by molar-refractivity contribution is 0.00735. The van der Waals surface area contributed by atoms with Crippen molar-refractivity contribution in [1.82, 2.24) is 0 Å². The van der Waals surface area contributed by atoms with Crippen LogP contribution in [0.4, 0.5) is 0 Å². The van der Waals surface area contributed by atoms with E-state index >= 15 is 0 Å². The summed E-state index contributed by atoms with van der Waals surface area (Å²) >= 11 is 3.35. The molecule has 104 valence electrons. The molecule has 0 aliphatic heterocycles. The van der Waals surface area contributed by atoms with Gasteiger partial charge in [0.05, 0.1) is 4.47 Å². The third-order valence-corrected chi connectivity index (χ3v) is 3.62. The number of halogens is 1. The van der Waals surface area contributed by atoms with Crippen LogP contribution in [-0.2, 0) is 5.60 Å². The van der Waals surface area contributed by atoms with Crippen molar-refractivity contribution in [2.75, 3.05) is 6.61 Å². The van der Waals surface area contributed by atoms with Gasteiger partial charge in [-0.1, -0.05) is 30.3 Å². The maximum absolute atomic E-state index is 10.7. The standard InChI is InChI=1S/C16H15BrO3/c1-16(19,13-5-3-2-4-6-13)11-20-15-8-7-12(10-18)9-14(15)17/h2-10,19H,11H2,1H3. The highest BCUT2D eigenvalue weighted by atomic mass is 79.9. The zero-order valence-electron chi connectivity index (χ0n) is 11.0. The van der Waals surface area contributed by atoms with Crippen molar-refractivity contribution in [2.45, 2.75) is 12.5 Å². The van der Waals surface area contributed by atoms with Crippen molar-refractivity contribution in [3.05, 3.63) is 64.1 Å². The maximum Gasteiger partial charge on any atom is 0.150 e. The number of ether oxygens (including phenoxy) is 1. The van der Waals surface area contributed by atoms with Crippen LogP contribution in [0.5, 0.6) is 5.75 Å². The molecule has 1 N–H and O–H groups in total. The highest BCUT2D eigenvalue weighted by molar-refractivity contribution is 9.10. The summed E-state index contributed by atoms with van der Waals surface area (Å²) < 4.78 is 6.33. The van der Waals surface area contributed by atoms with Gasteiger partial charge in [-0.05, 0) is 46.6 Å². The summed E-state index contributed by atoms with van der Waals surface area (Å²) in [5.74, 6) is 0.590. The van der Waals surface area contributed by atoms with E-state index in [2.05, 4.69) is 15.9 Å². The fourth-order valence-corrected chi connectivity index (χ4v) is 2.32. The van der Waals surface area contributed by atoms with Crippen LogP contribution < -0.4 is 4.74 Å². The summed E-state index contributed by atoms with van der Waals surface area (Å²) in [6.07, 6.45) is 0.772. The highest BCUT2D eigenvalue weighted by Crippen LogP contribution is 2.28. The topological polar surface area (TPSA) is 46.5 Å². The van der Waals surface area contributed by atoms with Gasteiger partial charge in [-0.15, -0.1) is 0 Å². The number of hydrogen-bond donors (Lipinski definition) is 1. The molecule has 0 aliphatic carbocycles. The van der Waals surface area contributed by atoms with Gasteiger partial charge in [0.15, 0.2) is 0 Å². The second-order valence-corrected chi connectivity index (χ2v) is 5.59. The molecular formula is C16H15BrO3. The SMILES string of the molecule is CC(O)(COc1ccc(C=O)cc1Br)c1ccccc1. The van der Waals surface area contributed by atoms with Crippen LogP contribution in [0.15, 0.2) is 53.0 Å². The first-order valence-corrected chi connectivity index (χ1v) is 6.98. The van der Waals surface area contributed by atoms with Crippen molar-refractivity contribution < 1.29 is 14.6 Å². The summed E-state index contributed by atoms with van der Waals surface area (Å²) in [4.78, 5) is 10.7. The van der Waals surface area contributed by atoms with Crippen molar-refractivity contribution in [2.24, 2.45) is 0 Å². The second-order valence-electron chi connectivity index (χ2n) is 4.74. The van der Waals surface area contributed by atoms with E-state index in [9.17, 15) is 9.90 Å². The number of hydrogen-bond acceptors (Lipinski definition) is 3. The molecule has 0 saturated heterocycles. The van der Waals surface area contributed by atoms with E-state index in [1.165, 1.54) is 0 Å². The fraction of sp³-hybridized carbons (Fsp3) is 0.188. The summed E-state index contributed by atoms with van der Waals surface area (Å²) in [6, 6.07) is 14.4. The molecule has 2 rings (SSSR count). The number of carbonyl (C=O) groups is 1. The summed E-state index contributed by atoms with van der Waals surface area (Å²) in [6.45, 7) is 1.83. The van der Waals surface area contributed by atoms with Crippen molar-refractivity contribution in [3.63, 3.8) is 0 Å². The van der Waals surface area contributed by atoms with Crippen LogP contribution >= 0.6 is 15.9 Å². The molecule has 3 nitrogen and oxygen atoms in total. The second kappa shape index (κ2) is 6.20. The van der Waals surface area contributed by atoms with Gasteiger partial charge in [0.1, 0.15) is 24.2 Å². The molecule has 1 unspecified atom stereocenters. The summed E-state index contributed by atoms with van der Waals surface area (Å²) in [7, 11) is 0. The van der Waals surface area contributed by atoms with Crippen molar-refractivity contribution >= 4 is 22.2 Å². The van der Waals surface area contributed by atoms with E-state index in [0.717, 1.165) is 11.8 Å². The quantitative estimate of drug-likeness (QED) is 0.850. The van der Waals surface area contributed by atoms with Gasteiger partial charge in [-0.2, -0.15) is 0 Å². The van der Waals surface area contributed by atoms with Crippen LogP contribution in [0.2, 0.25) is 0 Å². The van der Waals surface area contributed by atoms with E-state index in [-0.39, 0.29) is 6.61 Å². The van der Waals surface area contributed by atoms with Gasteiger partial charge in [0.2, 0.25) is 0 Å². The largest absolute Gasteiger partial charge is 0.489 e. The van der Waals surface area contributed by atoms with E-state index < -0.39 is 5.60 Å². The Bertz CT molecular complexity index is 594. The first-order chi connectivity index (χ1) is 9.53. The first kappa shape index (κ1) is 14.8. The van der Waals surface area contributed by atoms with E-state index in [4.69, 9.17) is 4.74 Å². The molecule has 0 fully saturated rings. The molecule has 2 aromatic carbocycles. The van der Waals surface area contributed by atoms with Crippen LogP contribution in [0.1, 0.15) is 22.8 Å². The number of aliphatic hydroxyl groups is 1. The number of carbonyl (C=O) groups excluding carboxylic acids is 1. The Morgan fingerprint density at radius 2 is 1.95 bits per heavy atom. The Balaban J connectivity index is 2.10.